The van der Waals surface area contributed by atoms with E-state index in [-0.39, 0.29) is 5.75 Å². The molecule has 18 heavy (non-hydrogen) atoms. The maximum atomic E-state index is 9.63. The lowest BCUT2D eigenvalue weighted by Crippen LogP contribution is -2.17. The molecular formula is C13H11O4P. The Bertz CT molecular complexity index is 526. The second-order valence-electron chi connectivity index (χ2n) is 3.73. The average Bonchev–Trinajstić information content (AvgIpc) is 2.36. The summed E-state index contributed by atoms with van der Waals surface area (Å²) in [6, 6.07) is 16.3. The van der Waals surface area contributed by atoms with E-state index >= 15 is 0 Å². The van der Waals surface area contributed by atoms with Crippen molar-refractivity contribution in [1.29, 1.82) is 0 Å². The molecule has 0 unspecified atom stereocenters. The zero-order chi connectivity index (χ0) is 12.4. The summed E-state index contributed by atoms with van der Waals surface area (Å²) >= 11 is 0. The number of hydrogen-bond acceptors (Lipinski definition) is 4. The Kier molecular flexibility index (Phi) is 3.15. The summed E-state index contributed by atoms with van der Waals surface area (Å²) < 4.78 is 16.4. The lowest BCUT2D eigenvalue weighted by atomic mass is 10.2. The average molecular weight is 262 g/mol. The summed E-state index contributed by atoms with van der Waals surface area (Å²) in [7, 11) is -1.36. The third-order valence-electron chi connectivity index (χ3n) is 2.48. The van der Waals surface area contributed by atoms with Gasteiger partial charge in [0.1, 0.15) is 11.5 Å². The van der Waals surface area contributed by atoms with Gasteiger partial charge in [0.2, 0.25) is 6.29 Å². The molecule has 2 aromatic rings. The van der Waals surface area contributed by atoms with Crippen LogP contribution in [0.15, 0.2) is 54.6 Å². The summed E-state index contributed by atoms with van der Waals surface area (Å²) in [5.41, 5.74) is 0.618. The van der Waals surface area contributed by atoms with Gasteiger partial charge in [-0.3, -0.25) is 9.05 Å². The van der Waals surface area contributed by atoms with Crippen LogP contribution in [0.1, 0.15) is 11.9 Å². The summed E-state index contributed by atoms with van der Waals surface area (Å²) in [6.07, 6.45) is -0.541. The fourth-order valence-electron chi connectivity index (χ4n) is 1.58. The van der Waals surface area contributed by atoms with Crippen LogP contribution in [-0.2, 0) is 9.05 Å². The first-order valence-electron chi connectivity index (χ1n) is 5.47. The van der Waals surface area contributed by atoms with E-state index < -0.39 is 14.9 Å². The molecule has 1 aliphatic rings. The Balaban J connectivity index is 1.59. The SMILES string of the molecule is Oc1ccccc1C1OP(Oc2ccccc2)O1. The number of phenolic OH excluding ortho intramolecular Hbond substituents is 1. The monoisotopic (exact) mass is 262 g/mol. The van der Waals surface area contributed by atoms with Crippen molar-refractivity contribution in [3.63, 3.8) is 0 Å². The zero-order valence-electron chi connectivity index (χ0n) is 9.39. The molecule has 0 amide bonds. The molecule has 0 radical (unpaired) electrons. The van der Waals surface area contributed by atoms with Gasteiger partial charge in [0.25, 0.3) is 0 Å². The standard InChI is InChI=1S/C13H11O4P/c14-12-9-5-4-8-11(12)13-16-18(17-13)15-10-6-2-1-3-7-10/h1-9,13-14H. The third-order valence-corrected chi connectivity index (χ3v) is 3.56. The maximum Gasteiger partial charge on any atom is 0.402 e. The molecule has 1 saturated heterocycles. The highest BCUT2D eigenvalue weighted by Gasteiger charge is 2.38. The van der Waals surface area contributed by atoms with Crippen molar-refractivity contribution in [1.82, 2.24) is 0 Å². The number of rotatable bonds is 3. The number of hydrogen-bond donors (Lipinski definition) is 1. The van der Waals surface area contributed by atoms with Crippen LogP contribution in [0.2, 0.25) is 0 Å². The van der Waals surface area contributed by atoms with Crippen molar-refractivity contribution >= 4 is 8.60 Å². The number of aromatic hydroxyl groups is 1. The largest absolute Gasteiger partial charge is 0.507 e. The fourth-order valence-corrected chi connectivity index (χ4v) is 2.51. The molecular weight excluding hydrogens is 251 g/mol. The smallest absolute Gasteiger partial charge is 0.402 e. The van der Waals surface area contributed by atoms with Gasteiger partial charge in [-0.2, -0.15) is 0 Å². The second-order valence-corrected chi connectivity index (χ2v) is 4.78. The minimum absolute atomic E-state index is 0.164. The lowest BCUT2D eigenvalue weighted by Gasteiger charge is -2.33. The van der Waals surface area contributed by atoms with Crippen molar-refractivity contribution in [2.45, 2.75) is 6.29 Å². The Hall–Kier alpha value is -1.61. The molecule has 0 aliphatic carbocycles. The van der Waals surface area contributed by atoms with Crippen LogP contribution < -0.4 is 4.52 Å². The molecule has 0 spiro atoms. The van der Waals surface area contributed by atoms with Crippen molar-refractivity contribution in [3.05, 3.63) is 60.2 Å². The van der Waals surface area contributed by atoms with Gasteiger partial charge in [0.05, 0.1) is 5.56 Å². The Morgan fingerprint density at radius 2 is 1.61 bits per heavy atom. The molecule has 2 aromatic carbocycles. The van der Waals surface area contributed by atoms with Gasteiger partial charge in [-0.1, -0.05) is 36.4 Å². The van der Waals surface area contributed by atoms with Crippen LogP contribution in [0, 0.1) is 0 Å². The van der Waals surface area contributed by atoms with Gasteiger partial charge in [-0.15, -0.1) is 0 Å². The van der Waals surface area contributed by atoms with Crippen molar-refractivity contribution in [2.75, 3.05) is 0 Å². The predicted octanol–water partition coefficient (Wildman–Crippen LogP) is 3.74. The number of para-hydroxylation sites is 2. The molecule has 1 aliphatic heterocycles. The molecule has 92 valence electrons. The zero-order valence-corrected chi connectivity index (χ0v) is 10.3. The minimum atomic E-state index is -1.36. The van der Waals surface area contributed by atoms with Crippen molar-refractivity contribution in [3.8, 4) is 11.5 Å². The second kappa shape index (κ2) is 4.94. The summed E-state index contributed by atoms with van der Waals surface area (Å²) in [5, 5.41) is 9.63. The van der Waals surface area contributed by atoms with Gasteiger partial charge in [-0.25, -0.2) is 0 Å². The number of phenols is 1. The molecule has 1 heterocycles. The van der Waals surface area contributed by atoms with E-state index in [1.807, 2.05) is 36.4 Å². The van der Waals surface area contributed by atoms with Gasteiger partial charge in [-0.05, 0) is 18.2 Å². The Labute approximate surface area is 106 Å². The number of benzene rings is 2. The molecule has 0 bridgehead atoms. The molecule has 0 atom stereocenters. The molecule has 3 rings (SSSR count). The first-order chi connectivity index (χ1) is 8.83. The molecule has 4 nitrogen and oxygen atoms in total. The van der Waals surface area contributed by atoms with E-state index in [2.05, 4.69) is 0 Å². The fraction of sp³-hybridized carbons (Fsp3) is 0.0769. The normalized spacial score (nSPS) is 22.2. The van der Waals surface area contributed by atoms with Crippen LogP contribution in [0.3, 0.4) is 0 Å². The highest BCUT2D eigenvalue weighted by Crippen LogP contribution is 2.59. The van der Waals surface area contributed by atoms with E-state index in [4.69, 9.17) is 13.6 Å². The first-order valence-corrected chi connectivity index (χ1v) is 6.57. The highest BCUT2D eigenvalue weighted by molar-refractivity contribution is 7.43. The van der Waals surface area contributed by atoms with Crippen LogP contribution >= 0.6 is 8.60 Å². The van der Waals surface area contributed by atoms with Gasteiger partial charge in [0, 0.05) is 0 Å². The van der Waals surface area contributed by atoms with Crippen molar-refractivity contribution in [2.24, 2.45) is 0 Å². The summed E-state index contributed by atoms with van der Waals surface area (Å²) in [4.78, 5) is 0. The van der Waals surface area contributed by atoms with E-state index in [9.17, 15) is 5.11 Å². The van der Waals surface area contributed by atoms with Gasteiger partial charge < -0.3 is 9.63 Å². The first kappa shape index (κ1) is 11.5. The van der Waals surface area contributed by atoms with E-state index in [1.54, 1.807) is 18.2 Å². The third kappa shape index (κ3) is 2.31. The maximum absolute atomic E-state index is 9.63. The molecule has 0 saturated carbocycles. The van der Waals surface area contributed by atoms with E-state index in [1.165, 1.54) is 0 Å². The molecule has 1 fully saturated rings. The highest BCUT2D eigenvalue weighted by atomic mass is 31.2. The lowest BCUT2D eigenvalue weighted by molar-refractivity contribution is -0.0940. The van der Waals surface area contributed by atoms with Gasteiger partial charge >= 0.3 is 8.60 Å². The van der Waals surface area contributed by atoms with Crippen LogP contribution in [-0.4, -0.2) is 5.11 Å². The topological polar surface area (TPSA) is 47.9 Å². The van der Waals surface area contributed by atoms with Crippen LogP contribution in [0.5, 0.6) is 11.5 Å². The quantitative estimate of drug-likeness (QED) is 0.856. The summed E-state index contributed by atoms with van der Waals surface area (Å²) in [5.74, 6) is 0.871. The predicted molar refractivity (Wildman–Crippen MR) is 67.0 cm³/mol. The molecule has 5 heteroatoms. The van der Waals surface area contributed by atoms with Gasteiger partial charge in [0.15, 0.2) is 0 Å². The summed E-state index contributed by atoms with van der Waals surface area (Å²) in [6.45, 7) is 0. The molecule has 0 aromatic heterocycles. The minimum Gasteiger partial charge on any atom is -0.507 e. The Morgan fingerprint density at radius 3 is 2.33 bits per heavy atom. The van der Waals surface area contributed by atoms with E-state index in [0.29, 0.717) is 11.3 Å². The van der Waals surface area contributed by atoms with Crippen molar-refractivity contribution < 1.29 is 18.7 Å². The molecule has 1 N–H and O–H groups in total. The van der Waals surface area contributed by atoms with Crippen LogP contribution in [0.25, 0.3) is 0 Å². The Morgan fingerprint density at radius 1 is 0.944 bits per heavy atom. The van der Waals surface area contributed by atoms with Crippen LogP contribution in [0.4, 0.5) is 0 Å². The van der Waals surface area contributed by atoms with E-state index in [0.717, 1.165) is 0 Å².